The van der Waals surface area contributed by atoms with Crippen molar-refractivity contribution >= 4 is 34.8 Å². The quantitative estimate of drug-likeness (QED) is 0.542. The second-order valence-corrected chi connectivity index (χ2v) is 5.29. The highest BCUT2D eigenvalue weighted by atomic mass is 19.4. The second-order valence-electron chi connectivity index (χ2n) is 5.29. The van der Waals surface area contributed by atoms with Crippen molar-refractivity contribution in [2.24, 2.45) is 0 Å². The van der Waals surface area contributed by atoms with Crippen molar-refractivity contribution in [1.29, 1.82) is 0 Å². The minimum absolute atomic E-state index is 0.304. The predicted octanol–water partition coefficient (Wildman–Crippen LogP) is 4.09. The van der Waals surface area contributed by atoms with Crippen LogP contribution in [0.3, 0.4) is 0 Å². The van der Waals surface area contributed by atoms with Gasteiger partial charge in [-0.1, -0.05) is 37.4 Å². The summed E-state index contributed by atoms with van der Waals surface area (Å²) in [6.45, 7) is 6.01. The van der Waals surface area contributed by atoms with Gasteiger partial charge in [0.15, 0.2) is 0 Å². The molecule has 2 aromatic rings. The van der Waals surface area contributed by atoms with Crippen molar-refractivity contribution in [2.75, 3.05) is 0 Å². The van der Waals surface area contributed by atoms with Crippen molar-refractivity contribution < 1.29 is 48.0 Å². The van der Waals surface area contributed by atoms with E-state index < -0.39 is 29.7 Å². The van der Waals surface area contributed by atoms with Crippen LogP contribution in [0.25, 0.3) is 16.8 Å². The van der Waals surface area contributed by atoms with E-state index >= 15 is 0 Å². The van der Waals surface area contributed by atoms with Crippen molar-refractivity contribution in [1.82, 2.24) is 0 Å². The predicted molar refractivity (Wildman–Crippen MR) is 103 cm³/mol. The maximum atomic E-state index is 11.2. The van der Waals surface area contributed by atoms with Gasteiger partial charge in [-0.05, 0) is 34.5 Å². The first-order valence-corrected chi connectivity index (χ1v) is 7.76. The molecule has 4 N–H and O–H groups in total. The van der Waals surface area contributed by atoms with E-state index in [1.165, 1.54) is 0 Å². The molecule has 0 saturated heterocycles. The van der Waals surface area contributed by atoms with Crippen LogP contribution in [0.15, 0.2) is 67.3 Å². The lowest BCUT2D eigenvalue weighted by Gasteiger charge is -2.02. The van der Waals surface area contributed by atoms with E-state index in [9.17, 15) is 32.7 Å². The van der Waals surface area contributed by atoms with E-state index in [4.69, 9.17) is 15.3 Å². The molecule has 0 fully saturated rings. The number of aliphatic carboxylic acids is 3. The molecule has 0 bridgehead atoms. The summed E-state index contributed by atoms with van der Waals surface area (Å²) in [5.41, 5.74) is -0.652. The number of alkyl halides is 3. The SMILES string of the molecule is C=C(C(=O)O)C(F)(F)F.C=Cc1ccc2cc(O)ccc2c1.O=C(O)/C=C\C(=O)O. The first kappa shape index (κ1) is 25.9. The van der Waals surface area contributed by atoms with E-state index in [-0.39, 0.29) is 0 Å². The number of phenolic OH excluding ortho intramolecular Hbond substituents is 1. The molecule has 160 valence electrons. The van der Waals surface area contributed by atoms with Gasteiger partial charge in [-0.2, -0.15) is 13.2 Å². The van der Waals surface area contributed by atoms with Gasteiger partial charge < -0.3 is 20.4 Å². The molecule has 0 spiro atoms. The Bertz CT molecular complexity index is 960. The molecule has 0 saturated carbocycles. The largest absolute Gasteiger partial charge is 0.508 e. The lowest BCUT2D eigenvalue weighted by Crippen LogP contribution is -2.18. The molecule has 0 atom stereocenters. The van der Waals surface area contributed by atoms with E-state index in [0.717, 1.165) is 16.3 Å². The maximum absolute atomic E-state index is 11.2. The lowest BCUT2D eigenvalue weighted by atomic mass is 10.1. The first-order valence-electron chi connectivity index (χ1n) is 7.76. The van der Waals surface area contributed by atoms with Crippen molar-refractivity contribution in [2.45, 2.75) is 6.18 Å². The fourth-order valence-corrected chi connectivity index (χ4v) is 1.64. The number of hydrogen-bond acceptors (Lipinski definition) is 4. The molecule has 0 amide bonds. The van der Waals surface area contributed by atoms with Gasteiger partial charge >= 0.3 is 24.1 Å². The Morgan fingerprint density at radius 2 is 1.33 bits per heavy atom. The monoisotopic (exact) mass is 426 g/mol. The van der Waals surface area contributed by atoms with Gasteiger partial charge in [0, 0.05) is 12.2 Å². The zero-order valence-corrected chi connectivity index (χ0v) is 15.3. The first-order chi connectivity index (χ1) is 13.8. The fraction of sp³-hybridized carbons (Fsp3) is 0.0500. The van der Waals surface area contributed by atoms with Crippen LogP contribution in [0.4, 0.5) is 13.2 Å². The van der Waals surface area contributed by atoms with Crippen LogP contribution < -0.4 is 0 Å². The number of carboxylic acids is 3. The zero-order valence-electron chi connectivity index (χ0n) is 15.3. The molecule has 0 aliphatic carbocycles. The van der Waals surface area contributed by atoms with Crippen LogP contribution in [0.5, 0.6) is 5.75 Å². The summed E-state index contributed by atoms with van der Waals surface area (Å²) in [6, 6.07) is 11.3. The molecular formula is C20H17F3O7. The van der Waals surface area contributed by atoms with Crippen LogP contribution in [0.1, 0.15) is 5.56 Å². The topological polar surface area (TPSA) is 132 Å². The molecule has 0 radical (unpaired) electrons. The number of fused-ring (bicyclic) bond motifs is 1. The Kier molecular flexibility index (Phi) is 10.1. The molecule has 2 rings (SSSR count). The molecule has 0 aliphatic rings. The van der Waals surface area contributed by atoms with E-state index in [2.05, 4.69) is 13.2 Å². The number of carboxylic acid groups (broad SMARTS) is 3. The van der Waals surface area contributed by atoms with Gasteiger partial charge in [0.25, 0.3) is 0 Å². The number of halogens is 3. The summed E-state index contributed by atoms with van der Waals surface area (Å²) in [4.78, 5) is 28.6. The van der Waals surface area contributed by atoms with Gasteiger partial charge in [-0.25, -0.2) is 14.4 Å². The Morgan fingerprint density at radius 1 is 0.867 bits per heavy atom. The number of hydrogen-bond donors (Lipinski definition) is 4. The van der Waals surface area contributed by atoms with Gasteiger partial charge in [0.1, 0.15) is 11.3 Å². The number of benzene rings is 2. The van der Waals surface area contributed by atoms with Gasteiger partial charge in [0.2, 0.25) is 0 Å². The van der Waals surface area contributed by atoms with Crippen molar-refractivity contribution in [3.8, 4) is 5.75 Å². The minimum Gasteiger partial charge on any atom is -0.508 e. The van der Waals surface area contributed by atoms with Crippen LogP contribution in [-0.2, 0) is 14.4 Å². The summed E-state index contributed by atoms with van der Waals surface area (Å²) >= 11 is 0. The normalized spacial score (nSPS) is 10.2. The van der Waals surface area contributed by atoms with Gasteiger partial charge in [-0.15, -0.1) is 0 Å². The zero-order chi connectivity index (χ0) is 23.5. The fourth-order valence-electron chi connectivity index (χ4n) is 1.64. The molecule has 0 aliphatic heterocycles. The highest BCUT2D eigenvalue weighted by Crippen LogP contribution is 2.23. The average molecular weight is 426 g/mol. The number of carbonyl (C=O) groups is 3. The Labute approximate surface area is 168 Å². The third-order valence-corrected chi connectivity index (χ3v) is 3.05. The minimum atomic E-state index is -4.81. The van der Waals surface area contributed by atoms with Crippen LogP contribution >= 0.6 is 0 Å². The van der Waals surface area contributed by atoms with Crippen molar-refractivity contribution in [3.05, 3.63) is 72.8 Å². The highest BCUT2D eigenvalue weighted by molar-refractivity contribution is 5.89. The Hall–Kier alpha value is -4.08. The van der Waals surface area contributed by atoms with E-state index in [1.807, 2.05) is 30.3 Å². The average Bonchev–Trinajstić information content (AvgIpc) is 2.65. The van der Waals surface area contributed by atoms with Crippen LogP contribution in [-0.4, -0.2) is 44.5 Å². The summed E-state index contributed by atoms with van der Waals surface area (Å²) in [7, 11) is 0. The molecule has 30 heavy (non-hydrogen) atoms. The summed E-state index contributed by atoms with van der Waals surface area (Å²) in [5, 5.41) is 34.7. The number of phenols is 1. The molecule has 0 heterocycles. The molecule has 0 unspecified atom stereocenters. The molecule has 10 heteroatoms. The van der Waals surface area contributed by atoms with E-state index in [1.54, 1.807) is 12.1 Å². The Morgan fingerprint density at radius 3 is 1.70 bits per heavy atom. The number of aromatic hydroxyl groups is 1. The molecule has 7 nitrogen and oxygen atoms in total. The lowest BCUT2D eigenvalue weighted by molar-refractivity contribution is -0.144. The van der Waals surface area contributed by atoms with Crippen LogP contribution in [0, 0.1) is 0 Å². The summed E-state index contributed by atoms with van der Waals surface area (Å²) in [6.07, 6.45) is -1.89. The van der Waals surface area contributed by atoms with E-state index in [0.29, 0.717) is 17.9 Å². The number of rotatable bonds is 4. The van der Waals surface area contributed by atoms with Crippen LogP contribution in [0.2, 0.25) is 0 Å². The highest BCUT2D eigenvalue weighted by Gasteiger charge is 2.36. The van der Waals surface area contributed by atoms with Gasteiger partial charge in [0.05, 0.1) is 0 Å². The Balaban J connectivity index is 0.000000442. The summed E-state index contributed by atoms with van der Waals surface area (Å²) < 4.78 is 33.7. The molecule has 2 aromatic carbocycles. The second kappa shape index (κ2) is 11.7. The summed E-state index contributed by atoms with van der Waals surface area (Å²) in [5.74, 6) is -4.25. The smallest absolute Gasteiger partial charge is 0.422 e. The maximum Gasteiger partial charge on any atom is 0.422 e. The van der Waals surface area contributed by atoms with Crippen molar-refractivity contribution in [3.63, 3.8) is 0 Å². The standard InChI is InChI=1S/C12H10O.C4H3F3O2.C4H4O4/c1-2-9-3-4-11-8-12(13)6-5-10(11)7-9;1-2(3(8)9)4(5,6)7;5-3(6)1-2-4(7)8/h2-8,13H,1H2;1H2,(H,8,9);1-2H,(H,5,6)(H,7,8)/b;;2-1-. The van der Waals surface area contributed by atoms with Gasteiger partial charge in [-0.3, -0.25) is 0 Å². The molecular weight excluding hydrogens is 409 g/mol. The third-order valence-electron chi connectivity index (χ3n) is 3.05. The molecule has 0 aromatic heterocycles. The third kappa shape index (κ3) is 10.3.